The normalized spacial score (nSPS) is 19.4. The molecule has 0 aromatic heterocycles. The van der Waals surface area contributed by atoms with Crippen LogP contribution in [0.5, 0.6) is 0 Å². The average molecular weight is 342 g/mol. The number of hydrogen-bond donors (Lipinski definition) is 1. The van der Waals surface area contributed by atoms with Crippen molar-refractivity contribution in [3.63, 3.8) is 0 Å². The number of fused-ring (bicyclic) bond motifs is 1. The highest BCUT2D eigenvalue weighted by atomic mass is 16.2. The number of amides is 2. The highest BCUT2D eigenvalue weighted by molar-refractivity contribution is 5.89. The molecule has 1 atom stereocenters. The monoisotopic (exact) mass is 342 g/mol. The molecule has 136 valence electrons. The minimum absolute atomic E-state index is 0.0636. The van der Waals surface area contributed by atoms with E-state index in [2.05, 4.69) is 23.5 Å². The van der Waals surface area contributed by atoms with Gasteiger partial charge in [0.15, 0.2) is 0 Å². The zero-order valence-electron chi connectivity index (χ0n) is 15.5. The van der Waals surface area contributed by atoms with Gasteiger partial charge in [-0.05, 0) is 36.3 Å². The first-order chi connectivity index (χ1) is 12.1. The van der Waals surface area contributed by atoms with Gasteiger partial charge in [-0.1, -0.05) is 57.4 Å². The van der Waals surface area contributed by atoms with Crippen molar-refractivity contribution in [2.45, 2.75) is 65.0 Å². The SMILES string of the molecule is CC(C)[C@@H](NC(=O)C1CCCCC1)C(=O)N1CCc2ccccc2C1. The molecule has 1 aromatic rings. The number of carbonyl (C=O) groups is 2. The molecule has 1 aliphatic heterocycles. The number of nitrogens with one attached hydrogen (secondary N) is 1. The lowest BCUT2D eigenvalue weighted by atomic mass is 9.88. The van der Waals surface area contributed by atoms with E-state index in [4.69, 9.17) is 0 Å². The van der Waals surface area contributed by atoms with Crippen molar-refractivity contribution in [1.29, 1.82) is 0 Å². The predicted molar refractivity (Wildman–Crippen MR) is 98.9 cm³/mol. The van der Waals surface area contributed by atoms with Gasteiger partial charge >= 0.3 is 0 Å². The predicted octanol–water partition coefficient (Wildman–Crippen LogP) is 3.29. The summed E-state index contributed by atoms with van der Waals surface area (Å²) in [5.74, 6) is 0.319. The molecule has 1 aliphatic carbocycles. The van der Waals surface area contributed by atoms with Crippen molar-refractivity contribution in [2.24, 2.45) is 11.8 Å². The van der Waals surface area contributed by atoms with E-state index in [0.717, 1.165) is 38.6 Å². The van der Waals surface area contributed by atoms with Crippen LogP contribution in [0.25, 0.3) is 0 Å². The fraction of sp³-hybridized carbons (Fsp3) is 0.619. The van der Waals surface area contributed by atoms with E-state index in [1.54, 1.807) is 0 Å². The molecule has 1 fully saturated rings. The zero-order valence-corrected chi connectivity index (χ0v) is 15.5. The van der Waals surface area contributed by atoms with Gasteiger partial charge in [-0.25, -0.2) is 0 Å². The van der Waals surface area contributed by atoms with E-state index in [1.165, 1.54) is 17.5 Å². The van der Waals surface area contributed by atoms with E-state index in [1.807, 2.05) is 24.8 Å². The second kappa shape index (κ2) is 8.03. The van der Waals surface area contributed by atoms with Crippen molar-refractivity contribution in [2.75, 3.05) is 6.54 Å². The fourth-order valence-electron chi connectivity index (χ4n) is 4.03. The summed E-state index contributed by atoms with van der Waals surface area (Å²) in [5, 5.41) is 3.08. The van der Waals surface area contributed by atoms with Gasteiger partial charge in [0.2, 0.25) is 11.8 Å². The van der Waals surface area contributed by atoms with Crippen LogP contribution in [0.3, 0.4) is 0 Å². The lowest BCUT2D eigenvalue weighted by molar-refractivity contribution is -0.139. The van der Waals surface area contributed by atoms with E-state index >= 15 is 0 Å². The Morgan fingerprint density at radius 3 is 2.44 bits per heavy atom. The Morgan fingerprint density at radius 2 is 1.76 bits per heavy atom. The number of nitrogens with zero attached hydrogens (tertiary/aromatic N) is 1. The Balaban J connectivity index is 1.66. The van der Waals surface area contributed by atoms with Crippen LogP contribution in [0, 0.1) is 11.8 Å². The van der Waals surface area contributed by atoms with E-state index in [9.17, 15) is 9.59 Å². The molecule has 4 nitrogen and oxygen atoms in total. The summed E-state index contributed by atoms with van der Waals surface area (Å²) in [5.41, 5.74) is 2.56. The van der Waals surface area contributed by atoms with Crippen LogP contribution in [0.4, 0.5) is 0 Å². The summed E-state index contributed by atoms with van der Waals surface area (Å²) in [6.07, 6.45) is 6.29. The standard InChI is InChI=1S/C21H30N2O2/c1-15(2)19(22-20(24)17-9-4-3-5-10-17)21(25)23-13-12-16-8-6-7-11-18(16)14-23/h6-8,11,15,17,19H,3-5,9-10,12-14H2,1-2H3,(H,22,24)/t19-/m1/s1. The maximum atomic E-state index is 13.1. The Kier molecular flexibility index (Phi) is 5.77. The van der Waals surface area contributed by atoms with Crippen molar-refractivity contribution in [3.05, 3.63) is 35.4 Å². The van der Waals surface area contributed by atoms with E-state index in [-0.39, 0.29) is 23.7 Å². The molecule has 4 heteroatoms. The second-order valence-electron chi connectivity index (χ2n) is 7.84. The van der Waals surface area contributed by atoms with Crippen LogP contribution in [0.15, 0.2) is 24.3 Å². The van der Waals surface area contributed by atoms with Gasteiger partial charge in [-0.3, -0.25) is 9.59 Å². The minimum atomic E-state index is -0.417. The van der Waals surface area contributed by atoms with Crippen LogP contribution in [0.2, 0.25) is 0 Å². The van der Waals surface area contributed by atoms with Crippen molar-refractivity contribution >= 4 is 11.8 Å². The molecule has 1 heterocycles. The lowest BCUT2D eigenvalue weighted by Crippen LogP contribution is -2.53. The van der Waals surface area contributed by atoms with Gasteiger partial charge in [0.05, 0.1) is 0 Å². The molecular formula is C21H30N2O2. The minimum Gasteiger partial charge on any atom is -0.344 e. The quantitative estimate of drug-likeness (QED) is 0.913. The van der Waals surface area contributed by atoms with Crippen LogP contribution in [0.1, 0.15) is 57.1 Å². The van der Waals surface area contributed by atoms with Crippen LogP contribution < -0.4 is 5.32 Å². The summed E-state index contributed by atoms with van der Waals surface area (Å²) in [7, 11) is 0. The molecule has 0 bridgehead atoms. The molecule has 0 spiro atoms. The van der Waals surface area contributed by atoms with Crippen LogP contribution in [-0.2, 0) is 22.6 Å². The van der Waals surface area contributed by atoms with Crippen molar-refractivity contribution < 1.29 is 9.59 Å². The van der Waals surface area contributed by atoms with Gasteiger partial charge in [0.1, 0.15) is 6.04 Å². The second-order valence-corrected chi connectivity index (χ2v) is 7.84. The first kappa shape index (κ1) is 18.0. The van der Waals surface area contributed by atoms with Gasteiger partial charge in [0, 0.05) is 19.0 Å². The number of rotatable bonds is 4. The molecule has 3 rings (SSSR count). The lowest BCUT2D eigenvalue weighted by Gasteiger charge is -2.34. The van der Waals surface area contributed by atoms with Crippen LogP contribution >= 0.6 is 0 Å². The van der Waals surface area contributed by atoms with Crippen molar-refractivity contribution in [3.8, 4) is 0 Å². The average Bonchev–Trinajstić information content (AvgIpc) is 2.65. The maximum absolute atomic E-state index is 13.1. The highest BCUT2D eigenvalue weighted by Gasteiger charge is 2.32. The molecular weight excluding hydrogens is 312 g/mol. The molecule has 1 saturated carbocycles. The highest BCUT2D eigenvalue weighted by Crippen LogP contribution is 2.25. The first-order valence-corrected chi connectivity index (χ1v) is 9.72. The largest absolute Gasteiger partial charge is 0.344 e. The molecule has 0 saturated heterocycles. The first-order valence-electron chi connectivity index (χ1n) is 9.72. The molecule has 2 aliphatic rings. The molecule has 0 radical (unpaired) electrons. The molecule has 25 heavy (non-hydrogen) atoms. The van der Waals surface area contributed by atoms with Gasteiger partial charge in [-0.2, -0.15) is 0 Å². The Bertz CT molecular complexity index is 620. The van der Waals surface area contributed by atoms with Crippen LogP contribution in [-0.4, -0.2) is 29.3 Å². The van der Waals surface area contributed by atoms with E-state index in [0.29, 0.717) is 6.54 Å². The fourth-order valence-corrected chi connectivity index (χ4v) is 4.03. The third-order valence-electron chi connectivity index (χ3n) is 5.65. The third kappa shape index (κ3) is 4.23. The number of hydrogen-bond acceptors (Lipinski definition) is 2. The summed E-state index contributed by atoms with van der Waals surface area (Å²) < 4.78 is 0. The van der Waals surface area contributed by atoms with Gasteiger partial charge in [-0.15, -0.1) is 0 Å². The summed E-state index contributed by atoms with van der Waals surface area (Å²) in [6, 6.07) is 7.90. The maximum Gasteiger partial charge on any atom is 0.245 e. The Labute approximate surface area is 151 Å². The molecule has 2 amide bonds. The third-order valence-corrected chi connectivity index (χ3v) is 5.65. The smallest absolute Gasteiger partial charge is 0.245 e. The van der Waals surface area contributed by atoms with Gasteiger partial charge < -0.3 is 10.2 Å². The summed E-state index contributed by atoms with van der Waals surface area (Å²) in [4.78, 5) is 27.6. The molecule has 0 unspecified atom stereocenters. The summed E-state index contributed by atoms with van der Waals surface area (Å²) in [6.45, 7) is 5.42. The zero-order chi connectivity index (χ0) is 17.8. The summed E-state index contributed by atoms with van der Waals surface area (Å²) >= 11 is 0. The molecule has 1 N–H and O–H groups in total. The Hall–Kier alpha value is -1.84. The van der Waals surface area contributed by atoms with Gasteiger partial charge in [0.25, 0.3) is 0 Å². The number of carbonyl (C=O) groups excluding carboxylic acids is 2. The Morgan fingerprint density at radius 1 is 1.08 bits per heavy atom. The molecule has 1 aromatic carbocycles. The van der Waals surface area contributed by atoms with Crippen molar-refractivity contribution in [1.82, 2.24) is 10.2 Å². The number of benzene rings is 1. The van der Waals surface area contributed by atoms with E-state index < -0.39 is 6.04 Å². The topological polar surface area (TPSA) is 49.4 Å².